The average Bonchev–Trinajstić information content (AvgIpc) is 2.60. The number of ketones is 1. The van der Waals surface area contributed by atoms with Crippen molar-refractivity contribution in [3.8, 4) is 17.2 Å². The Kier molecular flexibility index (Phi) is 6.20. The molecule has 4 N–H and O–H groups in total. The number of phenols is 3. The Hall–Kier alpha value is -3.05. The van der Waals surface area contributed by atoms with E-state index in [1.807, 2.05) is 19.9 Å². The molecular weight excluding hydrogens is 332 g/mol. The Morgan fingerprint density at radius 2 is 1.73 bits per heavy atom. The summed E-state index contributed by atoms with van der Waals surface area (Å²) in [6, 6.07) is 7.58. The van der Waals surface area contributed by atoms with E-state index in [9.17, 15) is 25.2 Å². The van der Waals surface area contributed by atoms with Crippen LogP contribution < -0.4 is 0 Å². The number of carbonyl (C=O) groups is 1. The quantitative estimate of drug-likeness (QED) is 0.360. The summed E-state index contributed by atoms with van der Waals surface area (Å²) < 4.78 is 0. The van der Waals surface area contributed by atoms with E-state index in [2.05, 4.69) is 0 Å². The molecular formula is C21H22O5. The third-order valence-electron chi connectivity index (χ3n) is 3.92. The van der Waals surface area contributed by atoms with E-state index >= 15 is 0 Å². The first kappa shape index (κ1) is 19.3. The number of benzene rings is 2. The molecule has 136 valence electrons. The summed E-state index contributed by atoms with van der Waals surface area (Å²) in [5.41, 5.74) is 2.07. The summed E-state index contributed by atoms with van der Waals surface area (Å²) in [6.45, 7) is 3.30. The van der Waals surface area contributed by atoms with Gasteiger partial charge < -0.3 is 20.4 Å². The molecule has 0 amide bonds. The van der Waals surface area contributed by atoms with Gasteiger partial charge in [-0.15, -0.1) is 0 Å². The molecule has 0 aliphatic rings. The van der Waals surface area contributed by atoms with Gasteiger partial charge in [0.25, 0.3) is 0 Å². The molecule has 0 aliphatic heterocycles. The van der Waals surface area contributed by atoms with Crippen molar-refractivity contribution in [2.45, 2.75) is 26.9 Å². The molecule has 0 fully saturated rings. The van der Waals surface area contributed by atoms with E-state index in [-0.39, 0.29) is 40.4 Å². The lowest BCUT2D eigenvalue weighted by molar-refractivity contribution is 0.104. The summed E-state index contributed by atoms with van der Waals surface area (Å²) in [5.74, 6) is -0.857. The Balaban J connectivity index is 2.42. The molecule has 0 aromatic heterocycles. The number of aliphatic hydroxyl groups excluding tert-OH is 1. The highest BCUT2D eigenvalue weighted by Crippen LogP contribution is 2.35. The first-order chi connectivity index (χ1) is 12.3. The molecule has 2 aromatic rings. The van der Waals surface area contributed by atoms with Gasteiger partial charge in [0.2, 0.25) is 0 Å². The van der Waals surface area contributed by atoms with Crippen LogP contribution in [0.15, 0.2) is 48.1 Å². The molecule has 0 atom stereocenters. The van der Waals surface area contributed by atoms with Crippen molar-refractivity contribution in [3.05, 3.63) is 70.3 Å². The maximum Gasteiger partial charge on any atom is 0.189 e. The van der Waals surface area contributed by atoms with Crippen LogP contribution in [0.25, 0.3) is 6.08 Å². The lowest BCUT2D eigenvalue weighted by atomic mass is 9.95. The monoisotopic (exact) mass is 354 g/mol. The van der Waals surface area contributed by atoms with Crippen LogP contribution >= 0.6 is 0 Å². The van der Waals surface area contributed by atoms with Gasteiger partial charge in [-0.3, -0.25) is 4.79 Å². The maximum absolute atomic E-state index is 12.6. The predicted octanol–water partition coefficient (Wildman–Crippen LogP) is 3.70. The van der Waals surface area contributed by atoms with Crippen molar-refractivity contribution in [2.75, 3.05) is 0 Å². The highest BCUT2D eigenvalue weighted by Gasteiger charge is 2.20. The molecule has 0 saturated heterocycles. The second kappa shape index (κ2) is 8.36. The number of phenolic OH excluding ortho intramolecular Hbond substituents is 3. The van der Waals surface area contributed by atoms with Crippen LogP contribution in [-0.2, 0) is 13.0 Å². The van der Waals surface area contributed by atoms with Crippen LogP contribution in [0.2, 0.25) is 0 Å². The molecule has 2 rings (SSSR count). The van der Waals surface area contributed by atoms with Crippen LogP contribution in [0, 0.1) is 0 Å². The third kappa shape index (κ3) is 4.52. The zero-order valence-corrected chi connectivity index (χ0v) is 14.7. The standard InChI is InChI=1S/C21H22O5/c1-13(2)3-9-17-19(25)11-15(12-22)20(21(17)26)18(24)10-6-14-4-7-16(23)8-5-14/h3-8,10-11,22-23,25-26H,9,12H2,1-2H3/b10-6+. The van der Waals surface area contributed by atoms with Crippen molar-refractivity contribution in [3.63, 3.8) is 0 Å². The van der Waals surface area contributed by atoms with Gasteiger partial charge in [0, 0.05) is 5.56 Å². The molecule has 0 radical (unpaired) electrons. The molecule has 0 saturated carbocycles. The van der Waals surface area contributed by atoms with Crippen LogP contribution in [0.3, 0.4) is 0 Å². The van der Waals surface area contributed by atoms with E-state index in [1.54, 1.807) is 18.2 Å². The first-order valence-electron chi connectivity index (χ1n) is 8.15. The van der Waals surface area contributed by atoms with Gasteiger partial charge in [-0.2, -0.15) is 0 Å². The second-order valence-corrected chi connectivity index (χ2v) is 6.19. The summed E-state index contributed by atoms with van der Waals surface area (Å²) in [5, 5.41) is 39.4. The molecule has 0 bridgehead atoms. The molecule has 0 unspecified atom stereocenters. The van der Waals surface area contributed by atoms with Crippen LogP contribution in [0.5, 0.6) is 17.2 Å². The summed E-state index contributed by atoms with van der Waals surface area (Å²) in [6.07, 6.45) is 4.93. The molecule has 5 nitrogen and oxygen atoms in total. The number of allylic oxidation sites excluding steroid dienone is 3. The van der Waals surface area contributed by atoms with E-state index in [4.69, 9.17) is 0 Å². The summed E-state index contributed by atoms with van der Waals surface area (Å²) in [4.78, 5) is 12.6. The zero-order chi connectivity index (χ0) is 19.3. The Morgan fingerprint density at radius 1 is 1.08 bits per heavy atom. The molecule has 0 aliphatic carbocycles. The van der Waals surface area contributed by atoms with Crippen LogP contribution in [0.1, 0.15) is 40.9 Å². The predicted molar refractivity (Wildman–Crippen MR) is 100 cm³/mol. The van der Waals surface area contributed by atoms with Crippen molar-refractivity contribution >= 4 is 11.9 Å². The Morgan fingerprint density at radius 3 is 2.31 bits per heavy atom. The van der Waals surface area contributed by atoms with Gasteiger partial charge >= 0.3 is 0 Å². The normalized spacial score (nSPS) is 10.9. The largest absolute Gasteiger partial charge is 0.508 e. The van der Waals surface area contributed by atoms with Crippen molar-refractivity contribution in [2.24, 2.45) is 0 Å². The van der Waals surface area contributed by atoms with E-state index < -0.39 is 12.4 Å². The molecule has 5 heteroatoms. The average molecular weight is 354 g/mol. The third-order valence-corrected chi connectivity index (χ3v) is 3.92. The van der Waals surface area contributed by atoms with Gasteiger partial charge in [0.15, 0.2) is 5.78 Å². The number of aromatic hydroxyl groups is 3. The zero-order valence-electron chi connectivity index (χ0n) is 14.7. The lowest BCUT2D eigenvalue weighted by Crippen LogP contribution is -2.04. The highest BCUT2D eigenvalue weighted by molar-refractivity contribution is 6.10. The fourth-order valence-corrected chi connectivity index (χ4v) is 2.50. The topological polar surface area (TPSA) is 98.0 Å². The minimum Gasteiger partial charge on any atom is -0.508 e. The second-order valence-electron chi connectivity index (χ2n) is 6.19. The van der Waals surface area contributed by atoms with E-state index in [0.717, 1.165) is 5.57 Å². The smallest absolute Gasteiger partial charge is 0.189 e. The molecule has 0 heterocycles. The molecule has 26 heavy (non-hydrogen) atoms. The SMILES string of the molecule is CC(C)=CCc1c(O)cc(CO)c(C(=O)/C=C/c2ccc(O)cc2)c1O. The number of rotatable bonds is 6. The number of carbonyl (C=O) groups excluding carboxylic acids is 1. The Bertz CT molecular complexity index is 857. The molecule has 0 spiro atoms. The summed E-state index contributed by atoms with van der Waals surface area (Å²) in [7, 11) is 0. The van der Waals surface area contributed by atoms with Gasteiger partial charge in [0.05, 0.1) is 12.2 Å². The fraction of sp³-hybridized carbons (Fsp3) is 0.190. The van der Waals surface area contributed by atoms with Crippen LogP contribution in [0.4, 0.5) is 0 Å². The van der Waals surface area contributed by atoms with Crippen LogP contribution in [-0.4, -0.2) is 26.2 Å². The van der Waals surface area contributed by atoms with Gasteiger partial charge in [0.1, 0.15) is 17.2 Å². The number of hydrogen-bond acceptors (Lipinski definition) is 5. The lowest BCUT2D eigenvalue weighted by Gasteiger charge is -2.13. The van der Waals surface area contributed by atoms with Gasteiger partial charge in [-0.1, -0.05) is 29.9 Å². The van der Waals surface area contributed by atoms with E-state index in [0.29, 0.717) is 5.56 Å². The first-order valence-corrected chi connectivity index (χ1v) is 8.15. The van der Waals surface area contributed by atoms with Crippen molar-refractivity contribution in [1.82, 2.24) is 0 Å². The highest BCUT2D eigenvalue weighted by atomic mass is 16.3. The van der Waals surface area contributed by atoms with Gasteiger partial charge in [-0.25, -0.2) is 0 Å². The Labute approximate surface area is 152 Å². The number of aliphatic hydroxyl groups is 1. The minimum absolute atomic E-state index is 0.0301. The molecule has 2 aromatic carbocycles. The number of hydrogen-bond donors (Lipinski definition) is 4. The van der Waals surface area contributed by atoms with Crippen molar-refractivity contribution in [1.29, 1.82) is 0 Å². The van der Waals surface area contributed by atoms with Gasteiger partial charge in [-0.05, 0) is 55.7 Å². The van der Waals surface area contributed by atoms with E-state index in [1.165, 1.54) is 24.3 Å². The minimum atomic E-state index is -0.488. The summed E-state index contributed by atoms with van der Waals surface area (Å²) >= 11 is 0. The maximum atomic E-state index is 12.6. The van der Waals surface area contributed by atoms with Crippen molar-refractivity contribution < 1.29 is 25.2 Å². The fourth-order valence-electron chi connectivity index (χ4n) is 2.50.